The summed E-state index contributed by atoms with van der Waals surface area (Å²) < 4.78 is 26.5. The van der Waals surface area contributed by atoms with Gasteiger partial charge in [-0.05, 0) is 35.4 Å². The van der Waals surface area contributed by atoms with Gasteiger partial charge in [-0.25, -0.2) is 8.42 Å². The number of hydrogen-bond donors (Lipinski definition) is 2. The van der Waals surface area contributed by atoms with E-state index in [1.165, 1.54) is 6.07 Å². The average molecular weight is 485 g/mol. The number of benzene rings is 2. The zero-order valence-corrected chi connectivity index (χ0v) is 19.3. The molecule has 0 saturated carbocycles. The van der Waals surface area contributed by atoms with Gasteiger partial charge in [-0.3, -0.25) is 14.5 Å². The Bertz CT molecular complexity index is 1430. The number of anilines is 1. The molecule has 0 fully saturated rings. The number of nitrogens with zero attached hydrogens (tertiary/aromatic N) is 3. The Kier molecular flexibility index (Phi) is 6.46. The summed E-state index contributed by atoms with van der Waals surface area (Å²) in [7, 11) is -3.59. The number of aromatic nitrogens is 3. The van der Waals surface area contributed by atoms with Crippen LogP contribution in [0.1, 0.15) is 16.8 Å². The Balaban J connectivity index is 1.64. The predicted octanol–water partition coefficient (Wildman–Crippen LogP) is 3.21. The van der Waals surface area contributed by atoms with Crippen molar-refractivity contribution in [2.45, 2.75) is 24.5 Å². The number of aliphatic hydroxyl groups is 1. The molecule has 2 N–H and O–H groups in total. The van der Waals surface area contributed by atoms with Crippen molar-refractivity contribution in [2.75, 3.05) is 11.6 Å². The van der Waals surface area contributed by atoms with Crippen LogP contribution in [0.4, 0.5) is 5.69 Å². The van der Waals surface area contributed by atoms with E-state index >= 15 is 0 Å². The minimum atomic E-state index is -3.59. The number of nitrogens with one attached hydrogen (secondary N) is 1. The highest BCUT2D eigenvalue weighted by Gasteiger charge is 2.18. The number of rotatable bonds is 7. The van der Waals surface area contributed by atoms with Gasteiger partial charge in [0.25, 0.3) is 0 Å². The molecule has 170 valence electrons. The summed E-state index contributed by atoms with van der Waals surface area (Å²) >= 11 is 6.13. The third kappa shape index (κ3) is 5.39. The number of pyridine rings is 1. The molecular weight excluding hydrogens is 464 g/mol. The lowest BCUT2D eigenvalue weighted by Crippen LogP contribution is -2.15. The highest BCUT2D eigenvalue weighted by Crippen LogP contribution is 2.27. The fourth-order valence-electron chi connectivity index (χ4n) is 3.45. The number of fused-ring (bicyclic) bond motifs is 1. The van der Waals surface area contributed by atoms with Crippen molar-refractivity contribution in [3.8, 4) is 0 Å². The van der Waals surface area contributed by atoms with E-state index in [1.807, 2.05) is 6.07 Å². The van der Waals surface area contributed by atoms with Gasteiger partial charge in [0.2, 0.25) is 5.91 Å². The second kappa shape index (κ2) is 9.30. The summed E-state index contributed by atoms with van der Waals surface area (Å²) in [5.74, 6) is -0.323. The first-order valence-electron chi connectivity index (χ1n) is 10.0. The van der Waals surface area contributed by atoms with E-state index < -0.39 is 9.84 Å². The maximum Gasteiger partial charge on any atom is 0.228 e. The maximum absolute atomic E-state index is 12.6. The smallest absolute Gasteiger partial charge is 0.228 e. The van der Waals surface area contributed by atoms with Crippen molar-refractivity contribution in [3.63, 3.8) is 0 Å². The molecule has 0 saturated heterocycles. The highest BCUT2D eigenvalue weighted by molar-refractivity contribution is 7.91. The third-order valence-corrected chi connectivity index (χ3v) is 6.52. The maximum atomic E-state index is 12.6. The van der Waals surface area contributed by atoms with Gasteiger partial charge in [0.15, 0.2) is 9.84 Å². The molecule has 4 rings (SSSR count). The van der Waals surface area contributed by atoms with Crippen molar-refractivity contribution < 1.29 is 18.3 Å². The van der Waals surface area contributed by atoms with Crippen molar-refractivity contribution in [2.24, 2.45) is 0 Å². The molecule has 0 unspecified atom stereocenters. The van der Waals surface area contributed by atoms with Gasteiger partial charge in [-0.1, -0.05) is 35.9 Å². The largest absolute Gasteiger partial charge is 0.390 e. The summed E-state index contributed by atoms with van der Waals surface area (Å²) in [6, 6.07) is 13.7. The Morgan fingerprint density at radius 2 is 1.97 bits per heavy atom. The number of carbonyl (C=O) groups excluding carboxylic acids is 1. The van der Waals surface area contributed by atoms with Gasteiger partial charge in [0.05, 0.1) is 35.7 Å². The summed E-state index contributed by atoms with van der Waals surface area (Å²) in [4.78, 5) is 16.8. The molecule has 0 aliphatic heterocycles. The lowest BCUT2D eigenvalue weighted by atomic mass is 10.1. The molecule has 0 spiro atoms. The molecule has 0 radical (unpaired) electrons. The first-order chi connectivity index (χ1) is 15.7. The topological polar surface area (TPSA) is 114 Å². The molecule has 2 heterocycles. The second-order valence-corrected chi connectivity index (χ2v) is 10.0. The Labute approximate surface area is 195 Å². The van der Waals surface area contributed by atoms with E-state index in [0.717, 1.165) is 11.8 Å². The molecule has 2 aromatic heterocycles. The molecule has 4 aromatic rings. The van der Waals surface area contributed by atoms with Crippen LogP contribution in [-0.2, 0) is 34.2 Å². The van der Waals surface area contributed by atoms with Crippen LogP contribution >= 0.6 is 11.6 Å². The van der Waals surface area contributed by atoms with Gasteiger partial charge < -0.3 is 10.4 Å². The summed E-state index contributed by atoms with van der Waals surface area (Å²) in [5.41, 5.74) is 2.84. The quantitative estimate of drug-likeness (QED) is 0.416. The molecule has 0 aliphatic rings. The molecular formula is C23H21ClN4O4S. The summed E-state index contributed by atoms with van der Waals surface area (Å²) in [5, 5.41) is 17.3. The number of sulfone groups is 1. The zero-order valence-electron chi connectivity index (χ0n) is 17.7. The van der Waals surface area contributed by atoms with Crippen LogP contribution in [0.15, 0.2) is 65.8 Å². The second-order valence-electron chi connectivity index (χ2n) is 7.64. The number of halogens is 1. The van der Waals surface area contributed by atoms with Crippen LogP contribution in [0.2, 0.25) is 5.02 Å². The lowest BCUT2D eigenvalue weighted by molar-refractivity contribution is -0.115. The highest BCUT2D eigenvalue weighted by atomic mass is 35.5. The normalized spacial score (nSPS) is 11.6. The van der Waals surface area contributed by atoms with E-state index in [1.54, 1.807) is 53.5 Å². The molecule has 33 heavy (non-hydrogen) atoms. The molecule has 0 bridgehead atoms. The molecule has 0 atom stereocenters. The van der Waals surface area contributed by atoms with Gasteiger partial charge >= 0.3 is 0 Å². The number of hydrogen-bond acceptors (Lipinski definition) is 6. The fourth-order valence-corrected chi connectivity index (χ4v) is 4.55. The van der Waals surface area contributed by atoms with Crippen LogP contribution in [0.5, 0.6) is 0 Å². The zero-order chi connectivity index (χ0) is 23.6. The van der Waals surface area contributed by atoms with E-state index in [9.17, 15) is 13.2 Å². The lowest BCUT2D eigenvalue weighted by Gasteiger charge is -2.09. The number of amides is 1. The molecule has 0 aliphatic carbocycles. The van der Waals surface area contributed by atoms with Crippen molar-refractivity contribution in [1.82, 2.24) is 14.8 Å². The van der Waals surface area contributed by atoms with Crippen LogP contribution < -0.4 is 5.32 Å². The number of aliphatic hydroxyl groups excluding tert-OH is 1. The van der Waals surface area contributed by atoms with Gasteiger partial charge in [0.1, 0.15) is 0 Å². The monoisotopic (exact) mass is 484 g/mol. The molecule has 8 nitrogen and oxygen atoms in total. The SMILES string of the molecule is CS(=O)(=O)c1cc(NC(=O)Cc2ccccc2Cl)cc2nn(Cc3ccc(CO)nc3)cc12. The van der Waals surface area contributed by atoms with Crippen LogP contribution in [0.25, 0.3) is 10.9 Å². The standard InChI is InChI=1S/C23H21ClN4O4S/c1-33(31,32)22-10-18(26-23(30)8-16-4-2-3-5-20(16)24)9-21-19(22)13-28(27-21)12-15-6-7-17(14-29)25-11-15/h2-7,9-11,13,29H,8,12,14H2,1H3,(H,26,30). The summed E-state index contributed by atoms with van der Waals surface area (Å²) in [6.45, 7) is 0.222. The first-order valence-corrected chi connectivity index (χ1v) is 12.3. The van der Waals surface area contributed by atoms with Gasteiger partial charge in [-0.15, -0.1) is 0 Å². The van der Waals surface area contributed by atoms with Gasteiger partial charge in [-0.2, -0.15) is 5.10 Å². The molecule has 1 amide bonds. The van der Waals surface area contributed by atoms with E-state index in [2.05, 4.69) is 15.4 Å². The minimum Gasteiger partial charge on any atom is -0.390 e. The predicted molar refractivity (Wildman–Crippen MR) is 126 cm³/mol. The molecule has 10 heteroatoms. The number of carbonyl (C=O) groups is 1. The molecule has 2 aromatic carbocycles. The van der Waals surface area contributed by atoms with Crippen LogP contribution in [0.3, 0.4) is 0 Å². The van der Waals surface area contributed by atoms with E-state index in [0.29, 0.717) is 39.4 Å². The fraction of sp³-hybridized carbons (Fsp3) is 0.174. The van der Waals surface area contributed by atoms with Crippen molar-refractivity contribution in [3.05, 3.63) is 82.8 Å². The average Bonchev–Trinajstić information content (AvgIpc) is 3.16. The van der Waals surface area contributed by atoms with Gasteiger partial charge in [0, 0.05) is 34.7 Å². The van der Waals surface area contributed by atoms with Crippen LogP contribution in [-0.4, -0.2) is 40.5 Å². The van der Waals surface area contributed by atoms with Crippen LogP contribution in [0, 0.1) is 0 Å². The Hall–Kier alpha value is -3.27. The minimum absolute atomic E-state index is 0.0528. The Morgan fingerprint density at radius 3 is 2.64 bits per heavy atom. The first kappa shape index (κ1) is 22.9. The van der Waals surface area contributed by atoms with E-state index in [4.69, 9.17) is 16.7 Å². The Morgan fingerprint density at radius 1 is 1.18 bits per heavy atom. The van der Waals surface area contributed by atoms with E-state index in [-0.39, 0.29) is 23.8 Å². The van der Waals surface area contributed by atoms with Crippen molar-refractivity contribution >= 4 is 43.9 Å². The summed E-state index contributed by atoms with van der Waals surface area (Å²) in [6.07, 6.45) is 4.46. The third-order valence-electron chi connectivity index (χ3n) is 5.02. The van der Waals surface area contributed by atoms with Crippen molar-refractivity contribution in [1.29, 1.82) is 0 Å².